The molecular formula is C18H19ClN2O3. The Morgan fingerprint density at radius 1 is 1.17 bits per heavy atom. The summed E-state index contributed by atoms with van der Waals surface area (Å²) in [6.45, 7) is 3.97. The number of ether oxygens (including phenoxy) is 1. The molecule has 0 fully saturated rings. The second-order valence-electron chi connectivity index (χ2n) is 5.13. The van der Waals surface area contributed by atoms with Crippen LogP contribution in [0.15, 0.2) is 42.5 Å². The number of halogens is 1. The van der Waals surface area contributed by atoms with Gasteiger partial charge in [0.15, 0.2) is 0 Å². The molecule has 1 amide bonds. The molecule has 126 valence electrons. The van der Waals surface area contributed by atoms with Gasteiger partial charge in [-0.05, 0) is 43.7 Å². The van der Waals surface area contributed by atoms with Crippen molar-refractivity contribution >= 4 is 34.9 Å². The maximum absolute atomic E-state index is 12.1. The monoisotopic (exact) mass is 346 g/mol. The van der Waals surface area contributed by atoms with Gasteiger partial charge >= 0.3 is 5.97 Å². The van der Waals surface area contributed by atoms with E-state index >= 15 is 0 Å². The molecule has 2 N–H and O–H groups in total. The molecule has 0 saturated carbocycles. The van der Waals surface area contributed by atoms with Gasteiger partial charge in [0.1, 0.15) is 0 Å². The van der Waals surface area contributed by atoms with Crippen LogP contribution >= 0.6 is 11.6 Å². The fourth-order valence-electron chi connectivity index (χ4n) is 2.06. The number of hydrogen-bond acceptors (Lipinski definition) is 4. The van der Waals surface area contributed by atoms with Gasteiger partial charge in [-0.2, -0.15) is 0 Å². The van der Waals surface area contributed by atoms with E-state index in [1.54, 1.807) is 37.3 Å². The minimum atomic E-state index is -0.466. The number of aryl methyl sites for hydroxylation is 1. The Kier molecular flexibility index (Phi) is 6.21. The Labute approximate surface area is 146 Å². The molecule has 0 aromatic heterocycles. The van der Waals surface area contributed by atoms with Crippen molar-refractivity contribution in [3.8, 4) is 0 Å². The van der Waals surface area contributed by atoms with Crippen LogP contribution in [-0.2, 0) is 9.53 Å². The predicted molar refractivity (Wildman–Crippen MR) is 95.7 cm³/mol. The van der Waals surface area contributed by atoms with E-state index in [9.17, 15) is 9.59 Å². The molecule has 0 aliphatic heterocycles. The first kappa shape index (κ1) is 17.8. The first-order valence-corrected chi connectivity index (χ1v) is 7.95. The number of hydrogen-bond donors (Lipinski definition) is 2. The molecule has 24 heavy (non-hydrogen) atoms. The molecule has 0 unspecified atom stereocenters. The fourth-order valence-corrected chi connectivity index (χ4v) is 2.24. The van der Waals surface area contributed by atoms with E-state index in [0.717, 1.165) is 11.3 Å². The van der Waals surface area contributed by atoms with E-state index < -0.39 is 5.97 Å². The average Bonchev–Trinajstić information content (AvgIpc) is 2.56. The predicted octanol–water partition coefficient (Wildman–Crippen LogP) is 3.88. The third-order valence-electron chi connectivity index (χ3n) is 3.32. The first-order chi connectivity index (χ1) is 11.5. The van der Waals surface area contributed by atoms with Gasteiger partial charge in [-0.15, -0.1) is 0 Å². The molecule has 2 aromatic rings. The number of carbonyl (C=O) groups is 2. The molecule has 0 spiro atoms. The van der Waals surface area contributed by atoms with Crippen molar-refractivity contribution in [1.29, 1.82) is 0 Å². The highest BCUT2D eigenvalue weighted by atomic mass is 35.5. The topological polar surface area (TPSA) is 67.4 Å². The third kappa shape index (κ3) is 4.73. The zero-order valence-corrected chi connectivity index (χ0v) is 14.3. The third-order valence-corrected chi connectivity index (χ3v) is 3.73. The van der Waals surface area contributed by atoms with Gasteiger partial charge in [0.2, 0.25) is 5.91 Å². The Bertz CT molecular complexity index is 747. The fraction of sp³-hybridized carbons (Fsp3) is 0.222. The number of rotatable bonds is 6. The molecular weight excluding hydrogens is 328 g/mol. The number of carbonyl (C=O) groups excluding carboxylic acids is 2. The van der Waals surface area contributed by atoms with Crippen molar-refractivity contribution in [1.82, 2.24) is 0 Å². The number of benzene rings is 2. The van der Waals surface area contributed by atoms with Gasteiger partial charge in [-0.25, -0.2) is 4.79 Å². The minimum absolute atomic E-state index is 0.0521. The molecule has 2 rings (SSSR count). The molecule has 0 heterocycles. The van der Waals surface area contributed by atoms with E-state index in [0.29, 0.717) is 16.3 Å². The van der Waals surface area contributed by atoms with Crippen molar-refractivity contribution < 1.29 is 14.3 Å². The van der Waals surface area contributed by atoms with Gasteiger partial charge in [0, 0.05) is 10.7 Å². The van der Waals surface area contributed by atoms with Crippen LogP contribution in [0.3, 0.4) is 0 Å². The smallest absolute Gasteiger partial charge is 0.340 e. The van der Waals surface area contributed by atoms with E-state index in [2.05, 4.69) is 10.6 Å². The lowest BCUT2D eigenvalue weighted by Crippen LogP contribution is -2.23. The van der Waals surface area contributed by atoms with Crippen molar-refractivity contribution in [2.75, 3.05) is 23.8 Å². The molecule has 0 bridgehead atoms. The number of amides is 1. The van der Waals surface area contributed by atoms with Crippen LogP contribution in [0.2, 0.25) is 5.02 Å². The maximum atomic E-state index is 12.1. The molecule has 2 aromatic carbocycles. The lowest BCUT2D eigenvalue weighted by Gasteiger charge is -2.11. The first-order valence-electron chi connectivity index (χ1n) is 7.57. The van der Waals surface area contributed by atoms with Crippen molar-refractivity contribution in [3.63, 3.8) is 0 Å². The van der Waals surface area contributed by atoms with Crippen LogP contribution in [-0.4, -0.2) is 25.0 Å². The molecule has 5 nitrogen and oxygen atoms in total. The summed E-state index contributed by atoms with van der Waals surface area (Å²) in [6, 6.07) is 12.2. The van der Waals surface area contributed by atoms with Crippen LogP contribution in [0.25, 0.3) is 0 Å². The highest BCUT2D eigenvalue weighted by molar-refractivity contribution is 6.31. The molecule has 0 atom stereocenters. The largest absolute Gasteiger partial charge is 0.462 e. The van der Waals surface area contributed by atoms with Gasteiger partial charge in [-0.3, -0.25) is 4.79 Å². The van der Waals surface area contributed by atoms with Crippen LogP contribution in [0.1, 0.15) is 22.8 Å². The standard InChI is InChI=1S/C18H19ClN2O3/c1-3-24-18(23)14-6-4-5-7-16(14)21-17(22)11-20-13-9-8-12(2)15(19)10-13/h4-10,20H,3,11H2,1-2H3,(H,21,22). The van der Waals surface area contributed by atoms with Crippen molar-refractivity contribution in [2.24, 2.45) is 0 Å². The van der Waals surface area contributed by atoms with Gasteiger partial charge in [-0.1, -0.05) is 29.8 Å². The second-order valence-corrected chi connectivity index (χ2v) is 5.54. The maximum Gasteiger partial charge on any atom is 0.340 e. The summed E-state index contributed by atoms with van der Waals surface area (Å²) in [5, 5.41) is 6.34. The molecule has 6 heteroatoms. The Morgan fingerprint density at radius 2 is 1.92 bits per heavy atom. The summed E-state index contributed by atoms with van der Waals surface area (Å²) in [6.07, 6.45) is 0. The zero-order chi connectivity index (χ0) is 17.5. The van der Waals surface area contributed by atoms with Gasteiger partial charge in [0.25, 0.3) is 0 Å². The summed E-state index contributed by atoms with van der Waals surface area (Å²) in [4.78, 5) is 24.0. The van der Waals surface area contributed by atoms with Crippen LogP contribution in [0.4, 0.5) is 11.4 Å². The number of anilines is 2. The van der Waals surface area contributed by atoms with E-state index in [-0.39, 0.29) is 19.1 Å². The summed E-state index contributed by atoms with van der Waals surface area (Å²) < 4.78 is 4.98. The number of esters is 1. The van der Waals surface area contributed by atoms with Crippen molar-refractivity contribution in [2.45, 2.75) is 13.8 Å². The van der Waals surface area contributed by atoms with E-state index in [1.807, 2.05) is 19.1 Å². The van der Waals surface area contributed by atoms with E-state index in [4.69, 9.17) is 16.3 Å². The minimum Gasteiger partial charge on any atom is -0.462 e. The van der Waals surface area contributed by atoms with E-state index in [1.165, 1.54) is 0 Å². The highest BCUT2D eigenvalue weighted by Gasteiger charge is 2.13. The van der Waals surface area contributed by atoms with Gasteiger partial charge < -0.3 is 15.4 Å². The highest BCUT2D eigenvalue weighted by Crippen LogP contribution is 2.20. The summed E-state index contributed by atoms with van der Waals surface area (Å²) in [5.41, 5.74) is 2.46. The van der Waals surface area contributed by atoms with Crippen LogP contribution in [0, 0.1) is 6.92 Å². The summed E-state index contributed by atoms with van der Waals surface area (Å²) in [7, 11) is 0. The SMILES string of the molecule is CCOC(=O)c1ccccc1NC(=O)CNc1ccc(C)c(Cl)c1. The molecule has 0 radical (unpaired) electrons. The lowest BCUT2D eigenvalue weighted by molar-refractivity contribution is -0.114. The Balaban J connectivity index is 1.99. The Hall–Kier alpha value is -2.53. The normalized spacial score (nSPS) is 10.1. The zero-order valence-electron chi connectivity index (χ0n) is 13.6. The second kappa shape index (κ2) is 8.36. The molecule has 0 saturated heterocycles. The number of nitrogens with one attached hydrogen (secondary N) is 2. The van der Waals surface area contributed by atoms with Crippen LogP contribution < -0.4 is 10.6 Å². The lowest BCUT2D eigenvalue weighted by atomic mass is 10.2. The average molecular weight is 347 g/mol. The quantitative estimate of drug-likeness (QED) is 0.779. The summed E-state index contributed by atoms with van der Waals surface area (Å²) >= 11 is 6.05. The van der Waals surface area contributed by atoms with Crippen LogP contribution in [0.5, 0.6) is 0 Å². The number of para-hydroxylation sites is 1. The Morgan fingerprint density at radius 3 is 2.62 bits per heavy atom. The molecule has 0 aliphatic carbocycles. The van der Waals surface area contributed by atoms with Gasteiger partial charge in [0.05, 0.1) is 24.4 Å². The summed E-state index contributed by atoms with van der Waals surface area (Å²) in [5.74, 6) is -0.741. The van der Waals surface area contributed by atoms with Crippen molar-refractivity contribution in [3.05, 3.63) is 58.6 Å². The molecule has 0 aliphatic rings.